The second-order valence-electron chi connectivity index (χ2n) is 5.92. The summed E-state index contributed by atoms with van der Waals surface area (Å²) in [6.07, 6.45) is 8.53. The first-order valence-electron chi connectivity index (χ1n) is 5.55. The fourth-order valence-electron chi connectivity index (χ4n) is 3.40. The van der Waals surface area contributed by atoms with Crippen molar-refractivity contribution in [2.45, 2.75) is 62.3 Å². The van der Waals surface area contributed by atoms with Gasteiger partial charge in [-0.2, -0.15) is 0 Å². The van der Waals surface area contributed by atoms with E-state index in [-0.39, 0.29) is 17.3 Å². The van der Waals surface area contributed by atoms with Gasteiger partial charge in [0.1, 0.15) is 0 Å². The van der Waals surface area contributed by atoms with Crippen LogP contribution < -0.4 is 0 Å². The minimum Gasteiger partial charge on any atom is -0.390 e. The Morgan fingerprint density at radius 1 is 1.08 bits per heavy atom. The van der Waals surface area contributed by atoms with E-state index < -0.39 is 0 Å². The highest BCUT2D eigenvalue weighted by molar-refractivity contribution is 5.21. The van der Waals surface area contributed by atoms with Gasteiger partial charge in [-0.15, -0.1) is 0 Å². The molecule has 3 spiro atoms. The van der Waals surface area contributed by atoms with Crippen molar-refractivity contribution in [1.29, 1.82) is 0 Å². The molecular formula is C11H16O2. The molecule has 3 aliphatic carbocycles. The molecule has 1 saturated heterocycles. The van der Waals surface area contributed by atoms with Crippen LogP contribution in [0.4, 0.5) is 0 Å². The molecule has 0 aromatic carbocycles. The zero-order chi connectivity index (χ0) is 8.73. The fraction of sp³-hybridized carbons (Fsp3) is 1.00. The number of hydrogen-bond donors (Lipinski definition) is 1. The Morgan fingerprint density at radius 3 is 2.23 bits per heavy atom. The summed E-state index contributed by atoms with van der Waals surface area (Å²) in [6, 6.07) is 0. The molecular weight excluding hydrogens is 164 g/mol. The average molecular weight is 180 g/mol. The number of rotatable bonds is 0. The zero-order valence-electron chi connectivity index (χ0n) is 7.88. The normalized spacial score (nSPS) is 52.8. The molecule has 0 aromatic rings. The van der Waals surface area contributed by atoms with Gasteiger partial charge in [-0.3, -0.25) is 0 Å². The van der Waals surface area contributed by atoms with Gasteiger partial charge in [0.25, 0.3) is 0 Å². The Kier molecular flexibility index (Phi) is 0.947. The predicted octanol–water partition coefficient (Wildman–Crippen LogP) is 1.61. The first kappa shape index (κ1) is 7.24. The molecule has 13 heavy (non-hydrogen) atoms. The van der Waals surface area contributed by atoms with Crippen LogP contribution in [0, 0.1) is 5.41 Å². The molecule has 2 atom stereocenters. The lowest BCUT2D eigenvalue weighted by molar-refractivity contribution is -0.127. The molecule has 72 valence electrons. The van der Waals surface area contributed by atoms with Gasteiger partial charge in [-0.05, 0) is 43.9 Å². The molecule has 1 heterocycles. The number of ether oxygens (including phenoxy) is 1. The van der Waals surface area contributed by atoms with Crippen molar-refractivity contribution in [3.8, 4) is 0 Å². The standard InChI is InChI=1S/C11H16O2/c12-8-5-11(8)7-9(1-2-9)6-10(13-11)3-4-10/h8,12H,1-7H2/t8?,11-/m1/s1. The highest BCUT2D eigenvalue weighted by Gasteiger charge is 2.71. The smallest absolute Gasteiger partial charge is 0.0979 e. The van der Waals surface area contributed by atoms with Gasteiger partial charge in [0.2, 0.25) is 0 Å². The van der Waals surface area contributed by atoms with E-state index in [1.54, 1.807) is 0 Å². The maximum Gasteiger partial charge on any atom is 0.0979 e. The molecule has 2 nitrogen and oxygen atoms in total. The molecule has 1 N–H and O–H groups in total. The highest BCUT2D eigenvalue weighted by Crippen LogP contribution is 2.70. The lowest BCUT2D eigenvalue weighted by atomic mass is 9.86. The van der Waals surface area contributed by atoms with Crippen molar-refractivity contribution in [2.75, 3.05) is 0 Å². The number of aliphatic hydroxyl groups excluding tert-OH is 1. The van der Waals surface area contributed by atoms with Crippen LogP contribution in [0.1, 0.15) is 44.9 Å². The summed E-state index contributed by atoms with van der Waals surface area (Å²) in [5.41, 5.74) is 0.795. The van der Waals surface area contributed by atoms with Gasteiger partial charge in [-0.1, -0.05) is 0 Å². The van der Waals surface area contributed by atoms with Gasteiger partial charge in [-0.25, -0.2) is 0 Å². The summed E-state index contributed by atoms with van der Waals surface area (Å²) in [4.78, 5) is 0. The van der Waals surface area contributed by atoms with Crippen molar-refractivity contribution in [3.63, 3.8) is 0 Å². The van der Waals surface area contributed by atoms with Crippen LogP contribution in [0.5, 0.6) is 0 Å². The van der Waals surface area contributed by atoms with Crippen LogP contribution in [-0.4, -0.2) is 22.4 Å². The van der Waals surface area contributed by atoms with E-state index in [4.69, 9.17) is 4.74 Å². The van der Waals surface area contributed by atoms with E-state index in [0.29, 0.717) is 5.41 Å². The molecule has 0 radical (unpaired) electrons. The zero-order valence-corrected chi connectivity index (χ0v) is 7.88. The van der Waals surface area contributed by atoms with Crippen LogP contribution in [0.15, 0.2) is 0 Å². The van der Waals surface area contributed by atoms with E-state index >= 15 is 0 Å². The van der Waals surface area contributed by atoms with Crippen molar-refractivity contribution < 1.29 is 9.84 Å². The summed E-state index contributed by atoms with van der Waals surface area (Å²) in [5.74, 6) is 0. The first-order chi connectivity index (χ1) is 6.16. The Balaban J connectivity index is 1.68. The molecule has 1 aliphatic heterocycles. The maximum atomic E-state index is 9.64. The van der Waals surface area contributed by atoms with Crippen LogP contribution in [0.25, 0.3) is 0 Å². The van der Waals surface area contributed by atoms with Gasteiger partial charge in [0.15, 0.2) is 0 Å². The molecule has 4 aliphatic rings. The van der Waals surface area contributed by atoms with Gasteiger partial charge < -0.3 is 9.84 Å². The molecule has 4 rings (SSSR count). The minimum absolute atomic E-state index is 0.0642. The first-order valence-corrected chi connectivity index (χ1v) is 5.55. The van der Waals surface area contributed by atoms with Crippen LogP contribution in [-0.2, 0) is 4.74 Å². The monoisotopic (exact) mass is 180 g/mol. The van der Waals surface area contributed by atoms with Crippen LogP contribution >= 0.6 is 0 Å². The third-order valence-electron chi connectivity index (χ3n) is 4.54. The van der Waals surface area contributed by atoms with Gasteiger partial charge in [0.05, 0.1) is 17.3 Å². The third-order valence-corrected chi connectivity index (χ3v) is 4.54. The second kappa shape index (κ2) is 1.70. The quantitative estimate of drug-likeness (QED) is 0.613. The lowest BCUT2D eigenvalue weighted by Gasteiger charge is -2.37. The van der Waals surface area contributed by atoms with E-state index in [2.05, 4.69) is 0 Å². The van der Waals surface area contributed by atoms with Crippen molar-refractivity contribution in [3.05, 3.63) is 0 Å². The highest BCUT2D eigenvalue weighted by atomic mass is 16.6. The molecule has 3 saturated carbocycles. The Morgan fingerprint density at radius 2 is 1.77 bits per heavy atom. The van der Waals surface area contributed by atoms with E-state index in [1.165, 1.54) is 32.1 Å². The molecule has 0 aromatic heterocycles. The Hall–Kier alpha value is -0.0800. The van der Waals surface area contributed by atoms with Gasteiger partial charge in [0, 0.05) is 6.42 Å². The minimum atomic E-state index is -0.136. The van der Waals surface area contributed by atoms with E-state index in [1.807, 2.05) is 0 Å². The third kappa shape index (κ3) is 0.861. The summed E-state index contributed by atoms with van der Waals surface area (Å²) in [6.45, 7) is 0. The second-order valence-corrected chi connectivity index (χ2v) is 5.92. The molecule has 0 amide bonds. The number of hydrogen-bond acceptors (Lipinski definition) is 2. The largest absolute Gasteiger partial charge is 0.390 e. The molecule has 1 unspecified atom stereocenters. The topological polar surface area (TPSA) is 29.5 Å². The van der Waals surface area contributed by atoms with Gasteiger partial charge >= 0.3 is 0 Å². The number of aliphatic hydroxyl groups is 1. The molecule has 2 heteroatoms. The summed E-state index contributed by atoms with van der Waals surface area (Å²) in [5, 5.41) is 9.64. The Labute approximate surface area is 78.3 Å². The predicted molar refractivity (Wildman–Crippen MR) is 47.3 cm³/mol. The Bertz CT molecular complexity index is 256. The van der Waals surface area contributed by atoms with Crippen molar-refractivity contribution in [1.82, 2.24) is 0 Å². The summed E-state index contributed by atoms with van der Waals surface area (Å²) < 4.78 is 6.12. The van der Waals surface area contributed by atoms with E-state index in [0.717, 1.165) is 12.8 Å². The molecule has 0 bridgehead atoms. The van der Waals surface area contributed by atoms with Crippen LogP contribution in [0.3, 0.4) is 0 Å². The summed E-state index contributed by atoms with van der Waals surface area (Å²) in [7, 11) is 0. The maximum absolute atomic E-state index is 9.64. The average Bonchev–Trinajstić information content (AvgIpc) is 2.96. The fourth-order valence-corrected chi connectivity index (χ4v) is 3.40. The SMILES string of the molecule is OC1C[C@@]12CC1(CC1)CC1(CC1)O2. The lowest BCUT2D eigenvalue weighted by Crippen LogP contribution is -2.39. The van der Waals surface area contributed by atoms with Crippen molar-refractivity contribution >= 4 is 0 Å². The van der Waals surface area contributed by atoms with Crippen molar-refractivity contribution in [2.24, 2.45) is 5.41 Å². The molecule has 4 fully saturated rings. The van der Waals surface area contributed by atoms with E-state index in [9.17, 15) is 5.11 Å². The van der Waals surface area contributed by atoms with Crippen LogP contribution in [0.2, 0.25) is 0 Å². The summed E-state index contributed by atoms with van der Waals surface area (Å²) >= 11 is 0.